The number of hydrogen-bond donors (Lipinski definition) is 0. The number of rotatable bonds is 4. The molecule has 0 aliphatic rings. The second-order valence-electron chi connectivity index (χ2n) is 5.81. The molecule has 128 valence electrons. The van der Waals surface area contributed by atoms with Crippen LogP contribution in [-0.4, -0.2) is 16.1 Å². The monoisotopic (exact) mass is 344 g/mol. The van der Waals surface area contributed by atoms with Crippen LogP contribution in [-0.2, 0) is 12.7 Å². The van der Waals surface area contributed by atoms with Gasteiger partial charge in [-0.3, -0.25) is 9.48 Å². The van der Waals surface area contributed by atoms with Gasteiger partial charge >= 0.3 is 6.18 Å². The maximum atomic E-state index is 12.8. The number of carbonyl (C=O) groups excluding carboxylic acids is 1. The third-order valence-electron chi connectivity index (χ3n) is 3.84. The number of halogens is 3. The maximum absolute atomic E-state index is 12.8. The average molecular weight is 344 g/mol. The zero-order chi connectivity index (χ0) is 18.0. The van der Waals surface area contributed by atoms with Crippen LogP contribution in [0, 0.1) is 6.92 Å². The Balaban J connectivity index is 1.92. The van der Waals surface area contributed by atoms with Crippen molar-refractivity contribution in [2.45, 2.75) is 19.6 Å². The Labute approximate surface area is 142 Å². The normalized spacial score (nSPS) is 11.5. The van der Waals surface area contributed by atoms with Crippen LogP contribution in [0.15, 0.2) is 54.7 Å². The third-order valence-corrected chi connectivity index (χ3v) is 3.84. The van der Waals surface area contributed by atoms with Gasteiger partial charge in [0.1, 0.15) is 5.69 Å². The second-order valence-corrected chi connectivity index (χ2v) is 5.81. The number of hydrogen-bond acceptors (Lipinski definition) is 2. The molecule has 2 aromatic carbocycles. The van der Waals surface area contributed by atoms with Gasteiger partial charge in [0.2, 0.25) is 0 Å². The summed E-state index contributed by atoms with van der Waals surface area (Å²) in [6.45, 7) is 2.10. The summed E-state index contributed by atoms with van der Waals surface area (Å²) in [5, 5.41) is 4.37. The van der Waals surface area contributed by atoms with Crippen LogP contribution in [0.25, 0.3) is 11.3 Å². The van der Waals surface area contributed by atoms with Crippen molar-refractivity contribution >= 4 is 6.29 Å². The van der Waals surface area contributed by atoms with Crippen molar-refractivity contribution in [2.24, 2.45) is 0 Å². The van der Waals surface area contributed by atoms with Crippen molar-refractivity contribution in [1.82, 2.24) is 9.78 Å². The maximum Gasteiger partial charge on any atom is 0.416 e. The van der Waals surface area contributed by atoms with Crippen molar-refractivity contribution in [2.75, 3.05) is 0 Å². The van der Waals surface area contributed by atoms with E-state index in [0.717, 1.165) is 23.3 Å². The summed E-state index contributed by atoms with van der Waals surface area (Å²) in [6, 6.07) is 12.6. The van der Waals surface area contributed by atoms with Crippen LogP contribution in [0.3, 0.4) is 0 Å². The second kappa shape index (κ2) is 6.55. The number of nitrogens with zero attached hydrogens (tertiary/aromatic N) is 2. The fourth-order valence-corrected chi connectivity index (χ4v) is 2.57. The molecule has 0 saturated heterocycles. The van der Waals surface area contributed by atoms with E-state index in [4.69, 9.17) is 0 Å². The molecule has 0 amide bonds. The van der Waals surface area contributed by atoms with Gasteiger partial charge in [0, 0.05) is 11.8 Å². The van der Waals surface area contributed by atoms with Crippen molar-refractivity contribution in [1.29, 1.82) is 0 Å². The SMILES string of the molecule is Cc1ccc(-c2nn(Cc3cccc(C(F)(F)F)c3)cc2C=O)cc1. The number of aromatic nitrogens is 2. The Hall–Kier alpha value is -2.89. The molecule has 0 aliphatic carbocycles. The van der Waals surface area contributed by atoms with Gasteiger partial charge in [0.05, 0.1) is 17.7 Å². The molecule has 0 atom stereocenters. The van der Waals surface area contributed by atoms with Crippen LogP contribution in [0.2, 0.25) is 0 Å². The molecular formula is C19H15F3N2O. The van der Waals surface area contributed by atoms with E-state index >= 15 is 0 Å². The summed E-state index contributed by atoms with van der Waals surface area (Å²) in [5.74, 6) is 0. The lowest BCUT2D eigenvalue weighted by atomic mass is 10.1. The molecule has 25 heavy (non-hydrogen) atoms. The topological polar surface area (TPSA) is 34.9 Å². The summed E-state index contributed by atoms with van der Waals surface area (Å²) in [6.07, 6.45) is -2.14. The molecule has 6 heteroatoms. The number of alkyl halides is 3. The zero-order valence-electron chi connectivity index (χ0n) is 13.4. The fourth-order valence-electron chi connectivity index (χ4n) is 2.57. The van der Waals surface area contributed by atoms with E-state index in [1.54, 1.807) is 12.3 Å². The van der Waals surface area contributed by atoms with Crippen molar-refractivity contribution < 1.29 is 18.0 Å². The standard InChI is InChI=1S/C19H15F3N2O/c1-13-5-7-15(8-6-13)18-16(12-25)11-24(23-18)10-14-3-2-4-17(9-14)19(20,21)22/h2-9,11-12H,10H2,1H3. The van der Waals surface area contributed by atoms with Crippen molar-refractivity contribution in [3.8, 4) is 11.3 Å². The van der Waals surface area contributed by atoms with E-state index in [2.05, 4.69) is 5.10 Å². The lowest BCUT2D eigenvalue weighted by molar-refractivity contribution is -0.137. The zero-order valence-corrected chi connectivity index (χ0v) is 13.4. The van der Waals surface area contributed by atoms with E-state index in [9.17, 15) is 18.0 Å². The minimum absolute atomic E-state index is 0.149. The van der Waals surface area contributed by atoms with E-state index in [1.807, 2.05) is 31.2 Å². The predicted octanol–water partition coefficient (Wildman–Crippen LogP) is 4.74. The molecule has 0 fully saturated rings. The Morgan fingerprint density at radius 3 is 2.48 bits per heavy atom. The largest absolute Gasteiger partial charge is 0.416 e. The summed E-state index contributed by atoms with van der Waals surface area (Å²) in [7, 11) is 0. The summed E-state index contributed by atoms with van der Waals surface area (Å²) in [5.41, 5.74) is 2.55. The van der Waals surface area contributed by atoms with E-state index in [-0.39, 0.29) is 6.54 Å². The quantitative estimate of drug-likeness (QED) is 0.641. The Morgan fingerprint density at radius 2 is 1.84 bits per heavy atom. The van der Waals surface area contributed by atoms with Crippen LogP contribution < -0.4 is 0 Å². The Kier molecular flexibility index (Phi) is 4.44. The van der Waals surface area contributed by atoms with Gasteiger partial charge in [-0.25, -0.2) is 0 Å². The highest BCUT2D eigenvalue weighted by atomic mass is 19.4. The summed E-state index contributed by atoms with van der Waals surface area (Å²) >= 11 is 0. The lowest BCUT2D eigenvalue weighted by Crippen LogP contribution is -2.07. The molecule has 3 rings (SSSR count). The summed E-state index contributed by atoms with van der Waals surface area (Å²) < 4.78 is 39.9. The number of aryl methyl sites for hydroxylation is 1. The van der Waals surface area contributed by atoms with Gasteiger partial charge in [0.15, 0.2) is 6.29 Å². The van der Waals surface area contributed by atoms with Gasteiger partial charge in [0.25, 0.3) is 0 Å². The first-order chi connectivity index (χ1) is 11.9. The highest BCUT2D eigenvalue weighted by Gasteiger charge is 2.30. The lowest BCUT2D eigenvalue weighted by Gasteiger charge is -2.08. The molecule has 3 aromatic rings. The van der Waals surface area contributed by atoms with Gasteiger partial charge in [-0.1, -0.05) is 42.0 Å². The first-order valence-electron chi connectivity index (χ1n) is 7.62. The number of carbonyl (C=O) groups is 1. The molecule has 0 spiro atoms. The van der Waals surface area contributed by atoms with Gasteiger partial charge in [-0.05, 0) is 24.6 Å². The first kappa shape index (κ1) is 17.0. The van der Waals surface area contributed by atoms with Gasteiger partial charge in [-0.2, -0.15) is 18.3 Å². The van der Waals surface area contributed by atoms with Crippen LogP contribution in [0.4, 0.5) is 13.2 Å². The molecule has 0 unspecified atom stereocenters. The molecular weight excluding hydrogens is 329 g/mol. The molecule has 0 N–H and O–H groups in total. The van der Waals surface area contributed by atoms with E-state index in [0.29, 0.717) is 23.1 Å². The predicted molar refractivity (Wildman–Crippen MR) is 88.3 cm³/mol. The van der Waals surface area contributed by atoms with E-state index in [1.165, 1.54) is 10.7 Å². The molecule has 0 aliphatic heterocycles. The first-order valence-corrected chi connectivity index (χ1v) is 7.62. The minimum atomic E-state index is -4.39. The van der Waals surface area contributed by atoms with Crippen LogP contribution in [0.5, 0.6) is 0 Å². The molecule has 3 nitrogen and oxygen atoms in total. The summed E-state index contributed by atoms with van der Waals surface area (Å²) in [4.78, 5) is 11.3. The Bertz CT molecular complexity index is 896. The Morgan fingerprint density at radius 1 is 1.12 bits per heavy atom. The van der Waals surface area contributed by atoms with Gasteiger partial charge < -0.3 is 0 Å². The highest BCUT2D eigenvalue weighted by Crippen LogP contribution is 2.30. The average Bonchev–Trinajstić information content (AvgIpc) is 2.98. The highest BCUT2D eigenvalue weighted by molar-refractivity contribution is 5.85. The fraction of sp³-hybridized carbons (Fsp3) is 0.158. The number of benzene rings is 2. The van der Waals surface area contributed by atoms with Gasteiger partial charge in [-0.15, -0.1) is 0 Å². The molecule has 0 radical (unpaired) electrons. The van der Waals surface area contributed by atoms with Crippen molar-refractivity contribution in [3.05, 3.63) is 77.0 Å². The van der Waals surface area contributed by atoms with E-state index < -0.39 is 11.7 Å². The molecule has 0 saturated carbocycles. The van der Waals surface area contributed by atoms with Crippen LogP contribution >= 0.6 is 0 Å². The molecule has 1 heterocycles. The third kappa shape index (κ3) is 3.79. The molecule has 0 bridgehead atoms. The smallest absolute Gasteiger partial charge is 0.298 e. The number of aldehydes is 1. The molecule has 1 aromatic heterocycles. The van der Waals surface area contributed by atoms with Crippen molar-refractivity contribution in [3.63, 3.8) is 0 Å². The van der Waals surface area contributed by atoms with Crippen LogP contribution in [0.1, 0.15) is 27.0 Å². The minimum Gasteiger partial charge on any atom is -0.298 e.